The van der Waals surface area contributed by atoms with Gasteiger partial charge < -0.3 is 10.1 Å². The normalized spacial score (nSPS) is 17.8. The Morgan fingerprint density at radius 2 is 1.83 bits per heavy atom. The van der Waals surface area contributed by atoms with Gasteiger partial charge >= 0.3 is 6.36 Å². The molecular formula is C14H20ClF3N2O3S. The number of piperidine rings is 1. The molecule has 0 spiro atoms. The van der Waals surface area contributed by atoms with Crippen molar-refractivity contribution in [3.05, 3.63) is 24.3 Å². The predicted octanol–water partition coefficient (Wildman–Crippen LogP) is 2.68. The van der Waals surface area contributed by atoms with Gasteiger partial charge in [0.2, 0.25) is 10.0 Å². The summed E-state index contributed by atoms with van der Waals surface area (Å²) in [6.07, 6.45) is -3.38. The molecule has 2 rings (SSSR count). The first kappa shape index (κ1) is 21.0. The molecule has 10 heteroatoms. The number of nitrogens with one attached hydrogen (secondary N) is 2. The molecule has 1 fully saturated rings. The van der Waals surface area contributed by atoms with Crippen LogP contribution in [0.5, 0.6) is 5.75 Å². The van der Waals surface area contributed by atoms with Crippen molar-refractivity contribution in [1.82, 2.24) is 10.0 Å². The SMILES string of the molecule is CC1(CNS(=O)(=O)c2ccccc2OC(F)(F)F)CCNCC1.Cl. The first-order valence-corrected chi connectivity index (χ1v) is 8.65. The molecule has 1 heterocycles. The van der Waals surface area contributed by atoms with Gasteiger partial charge in [0.1, 0.15) is 10.6 Å². The van der Waals surface area contributed by atoms with E-state index < -0.39 is 27.0 Å². The van der Waals surface area contributed by atoms with Gasteiger partial charge in [0.05, 0.1) is 0 Å². The minimum Gasteiger partial charge on any atom is -0.404 e. The molecule has 1 aromatic rings. The Hall–Kier alpha value is -1.03. The van der Waals surface area contributed by atoms with E-state index in [1.54, 1.807) is 0 Å². The number of ether oxygens (including phenoxy) is 1. The van der Waals surface area contributed by atoms with Gasteiger partial charge in [-0.1, -0.05) is 19.1 Å². The maximum Gasteiger partial charge on any atom is 0.573 e. The Morgan fingerprint density at radius 3 is 2.42 bits per heavy atom. The summed E-state index contributed by atoms with van der Waals surface area (Å²) < 4.78 is 68.1. The van der Waals surface area contributed by atoms with E-state index in [1.807, 2.05) is 6.92 Å². The Kier molecular flexibility index (Phi) is 6.92. The summed E-state index contributed by atoms with van der Waals surface area (Å²) >= 11 is 0. The highest BCUT2D eigenvalue weighted by molar-refractivity contribution is 7.89. The fourth-order valence-electron chi connectivity index (χ4n) is 2.44. The monoisotopic (exact) mass is 388 g/mol. The lowest BCUT2D eigenvalue weighted by Crippen LogP contribution is -2.42. The summed E-state index contributed by atoms with van der Waals surface area (Å²) in [7, 11) is -4.10. The molecule has 0 saturated carbocycles. The van der Waals surface area contributed by atoms with Crippen molar-refractivity contribution >= 4 is 22.4 Å². The van der Waals surface area contributed by atoms with Crippen LogP contribution in [0.2, 0.25) is 0 Å². The number of benzene rings is 1. The quantitative estimate of drug-likeness (QED) is 0.813. The molecule has 5 nitrogen and oxygen atoms in total. The number of sulfonamides is 1. The van der Waals surface area contributed by atoms with Crippen LogP contribution in [0.15, 0.2) is 29.2 Å². The molecule has 1 aliphatic rings. The van der Waals surface area contributed by atoms with Crippen molar-refractivity contribution in [3.63, 3.8) is 0 Å². The molecular weight excluding hydrogens is 369 g/mol. The molecule has 0 radical (unpaired) electrons. The van der Waals surface area contributed by atoms with Crippen LogP contribution in [-0.2, 0) is 10.0 Å². The second-order valence-corrected chi connectivity index (χ2v) is 7.62. The van der Waals surface area contributed by atoms with Crippen molar-refractivity contribution < 1.29 is 26.3 Å². The zero-order valence-corrected chi connectivity index (χ0v) is 14.7. The number of rotatable bonds is 5. The van der Waals surface area contributed by atoms with Crippen molar-refractivity contribution in [2.75, 3.05) is 19.6 Å². The standard InChI is InChI=1S/C14H19F3N2O3S.ClH/c1-13(6-8-18-9-7-13)10-19-23(20,21)12-5-3-2-4-11(12)22-14(15,16)17;/h2-5,18-19H,6-10H2,1H3;1H. The van der Waals surface area contributed by atoms with Crippen molar-refractivity contribution in [3.8, 4) is 5.75 Å². The molecule has 1 aliphatic heterocycles. The van der Waals surface area contributed by atoms with Gasteiger partial charge in [0, 0.05) is 6.54 Å². The van der Waals surface area contributed by atoms with Crippen LogP contribution < -0.4 is 14.8 Å². The van der Waals surface area contributed by atoms with Gasteiger partial charge in [0.15, 0.2) is 0 Å². The Labute approximate surface area is 145 Å². The van der Waals surface area contributed by atoms with Crippen molar-refractivity contribution in [2.24, 2.45) is 5.41 Å². The van der Waals surface area contributed by atoms with E-state index >= 15 is 0 Å². The third kappa shape index (κ3) is 5.80. The first-order valence-electron chi connectivity index (χ1n) is 7.17. The van der Waals surface area contributed by atoms with Crippen LogP contribution >= 0.6 is 12.4 Å². The second-order valence-electron chi connectivity index (χ2n) is 5.88. The molecule has 2 N–H and O–H groups in total. The third-order valence-electron chi connectivity index (χ3n) is 3.86. The molecule has 0 bridgehead atoms. The highest BCUT2D eigenvalue weighted by Gasteiger charge is 2.35. The van der Waals surface area contributed by atoms with E-state index in [-0.39, 0.29) is 24.4 Å². The molecule has 0 aromatic heterocycles. The van der Waals surface area contributed by atoms with Crippen LogP contribution in [0.1, 0.15) is 19.8 Å². The summed E-state index contributed by atoms with van der Waals surface area (Å²) in [6.45, 7) is 3.68. The van der Waals surface area contributed by atoms with Crippen molar-refractivity contribution in [1.29, 1.82) is 0 Å². The fourth-order valence-corrected chi connectivity index (χ4v) is 3.76. The lowest BCUT2D eigenvalue weighted by molar-refractivity contribution is -0.275. The predicted molar refractivity (Wildman–Crippen MR) is 85.8 cm³/mol. The van der Waals surface area contributed by atoms with Crippen molar-refractivity contribution in [2.45, 2.75) is 31.0 Å². The molecule has 138 valence electrons. The van der Waals surface area contributed by atoms with Gasteiger partial charge in [-0.25, -0.2) is 13.1 Å². The molecule has 0 amide bonds. The van der Waals surface area contributed by atoms with Gasteiger partial charge in [-0.2, -0.15) is 0 Å². The Balaban J connectivity index is 0.00000288. The molecule has 1 aromatic carbocycles. The van der Waals surface area contributed by atoms with Gasteiger partial charge in [-0.05, 0) is 43.5 Å². The fraction of sp³-hybridized carbons (Fsp3) is 0.571. The Morgan fingerprint density at radius 1 is 1.25 bits per heavy atom. The van der Waals surface area contributed by atoms with Crippen LogP contribution in [0.25, 0.3) is 0 Å². The molecule has 0 atom stereocenters. The van der Waals surface area contributed by atoms with Gasteiger partial charge in [-0.3, -0.25) is 0 Å². The number of alkyl halides is 3. The van der Waals surface area contributed by atoms with Crippen LogP contribution in [-0.4, -0.2) is 34.4 Å². The van der Waals surface area contributed by atoms with E-state index in [2.05, 4.69) is 14.8 Å². The van der Waals surface area contributed by atoms with Gasteiger partial charge in [-0.15, -0.1) is 25.6 Å². The Bertz CT molecular complexity index is 647. The van der Waals surface area contributed by atoms with Gasteiger partial charge in [0.25, 0.3) is 0 Å². The zero-order valence-electron chi connectivity index (χ0n) is 13.0. The largest absolute Gasteiger partial charge is 0.573 e. The lowest BCUT2D eigenvalue weighted by Gasteiger charge is -2.34. The third-order valence-corrected chi connectivity index (χ3v) is 5.30. The summed E-state index contributed by atoms with van der Waals surface area (Å²) in [5.74, 6) is -0.733. The van der Waals surface area contributed by atoms with E-state index in [4.69, 9.17) is 0 Å². The maximum absolute atomic E-state index is 12.4. The number of para-hydroxylation sites is 1. The number of halogens is 4. The minimum atomic E-state index is -4.95. The van der Waals surface area contributed by atoms with Crippen LogP contribution in [0.4, 0.5) is 13.2 Å². The number of hydrogen-bond acceptors (Lipinski definition) is 4. The smallest absolute Gasteiger partial charge is 0.404 e. The van der Waals surface area contributed by atoms with Crippen LogP contribution in [0.3, 0.4) is 0 Å². The highest BCUT2D eigenvalue weighted by atomic mass is 35.5. The summed E-state index contributed by atoms with van der Waals surface area (Å²) in [5.41, 5.74) is -0.224. The lowest BCUT2D eigenvalue weighted by atomic mass is 9.81. The molecule has 0 unspecified atom stereocenters. The topological polar surface area (TPSA) is 67.4 Å². The summed E-state index contributed by atoms with van der Waals surface area (Å²) in [6, 6.07) is 4.71. The first-order chi connectivity index (χ1) is 10.6. The molecule has 0 aliphatic carbocycles. The number of hydrogen-bond donors (Lipinski definition) is 2. The van der Waals surface area contributed by atoms with Crippen LogP contribution in [0, 0.1) is 5.41 Å². The van der Waals surface area contributed by atoms with E-state index in [9.17, 15) is 21.6 Å². The second kappa shape index (κ2) is 7.90. The van der Waals surface area contributed by atoms with E-state index in [0.29, 0.717) is 0 Å². The zero-order chi connectivity index (χ0) is 17.1. The maximum atomic E-state index is 12.4. The molecule has 1 saturated heterocycles. The highest BCUT2D eigenvalue weighted by Crippen LogP contribution is 2.31. The average molecular weight is 389 g/mol. The van der Waals surface area contributed by atoms with E-state index in [1.165, 1.54) is 12.1 Å². The molecule has 24 heavy (non-hydrogen) atoms. The van der Waals surface area contributed by atoms with E-state index in [0.717, 1.165) is 38.1 Å². The average Bonchev–Trinajstić information content (AvgIpc) is 2.45. The summed E-state index contributed by atoms with van der Waals surface area (Å²) in [5, 5.41) is 3.18. The summed E-state index contributed by atoms with van der Waals surface area (Å²) in [4.78, 5) is -0.519. The minimum absolute atomic E-state index is 0.